The van der Waals surface area contributed by atoms with E-state index in [4.69, 9.17) is 22.1 Å². The van der Waals surface area contributed by atoms with Crippen molar-refractivity contribution in [2.75, 3.05) is 6.61 Å². The maximum Gasteiger partial charge on any atom is 0.187 e. The van der Waals surface area contributed by atoms with Crippen LogP contribution in [0, 0.1) is 0 Å². The lowest BCUT2D eigenvalue weighted by Gasteiger charge is -2.31. The summed E-state index contributed by atoms with van der Waals surface area (Å²) in [4.78, 5) is 4.49. The van der Waals surface area contributed by atoms with Crippen molar-refractivity contribution < 1.29 is 4.74 Å². The Bertz CT molecular complexity index is 877. The molecular weight excluding hydrogens is 429 g/mol. The lowest BCUT2D eigenvalue weighted by atomic mass is 9.80. The predicted octanol–water partition coefficient (Wildman–Crippen LogP) is 4.49. The van der Waals surface area contributed by atoms with Gasteiger partial charge in [-0.3, -0.25) is 4.57 Å². The third-order valence-electron chi connectivity index (χ3n) is 4.28. The Balaban J connectivity index is 0.00000131. The summed E-state index contributed by atoms with van der Waals surface area (Å²) in [5.41, 5.74) is 6.71. The van der Waals surface area contributed by atoms with Gasteiger partial charge in [-0.05, 0) is 44.0 Å². The average Bonchev–Trinajstić information content (AvgIpc) is 3.19. The molecule has 0 aromatic carbocycles. The third kappa shape index (κ3) is 4.38. The summed E-state index contributed by atoms with van der Waals surface area (Å²) in [6.07, 6.45) is 3.56. The number of hydrogen-bond acceptors (Lipinski definition) is 6. The second-order valence-corrected chi connectivity index (χ2v) is 7.73. The summed E-state index contributed by atoms with van der Waals surface area (Å²) in [5, 5.41) is 9.83. The maximum absolute atomic E-state index is 6.15. The van der Waals surface area contributed by atoms with Gasteiger partial charge in [-0.1, -0.05) is 11.6 Å². The number of thiophene rings is 1. The Morgan fingerprint density at radius 3 is 2.56 bits per heavy atom. The summed E-state index contributed by atoms with van der Waals surface area (Å²) in [7, 11) is 0. The van der Waals surface area contributed by atoms with E-state index in [1.54, 1.807) is 6.20 Å². The summed E-state index contributed by atoms with van der Waals surface area (Å²) in [6, 6.07) is 7.90. The minimum Gasteiger partial charge on any atom is -0.492 e. The smallest absolute Gasteiger partial charge is 0.187 e. The van der Waals surface area contributed by atoms with Crippen molar-refractivity contribution in [2.24, 2.45) is 5.73 Å². The number of hydrogen-bond donors (Lipinski definition) is 1. The summed E-state index contributed by atoms with van der Waals surface area (Å²) in [6.45, 7) is 2.55. The second kappa shape index (κ2) is 9.21. The molecule has 0 atom stereocenters. The van der Waals surface area contributed by atoms with E-state index in [0.717, 1.165) is 39.4 Å². The molecule has 0 aliphatic heterocycles. The minimum atomic E-state index is 0. The van der Waals surface area contributed by atoms with Gasteiger partial charge in [-0.2, -0.15) is 0 Å². The van der Waals surface area contributed by atoms with E-state index < -0.39 is 0 Å². The first-order valence-electron chi connectivity index (χ1n) is 8.21. The monoisotopic (exact) mass is 447 g/mol. The second-order valence-electron chi connectivity index (χ2n) is 6.04. The molecule has 0 radical (unpaired) electrons. The summed E-state index contributed by atoms with van der Waals surface area (Å²) >= 11 is 7.64. The van der Waals surface area contributed by atoms with Gasteiger partial charge < -0.3 is 10.5 Å². The van der Waals surface area contributed by atoms with E-state index in [1.165, 1.54) is 11.3 Å². The van der Waals surface area contributed by atoms with Crippen LogP contribution in [0.25, 0.3) is 16.5 Å². The van der Waals surface area contributed by atoms with Crippen LogP contribution in [0.5, 0.6) is 5.75 Å². The lowest BCUT2D eigenvalue weighted by Crippen LogP contribution is -2.36. The van der Waals surface area contributed by atoms with Gasteiger partial charge in [-0.25, -0.2) is 4.98 Å². The zero-order valence-electron chi connectivity index (χ0n) is 14.5. The molecule has 27 heavy (non-hydrogen) atoms. The van der Waals surface area contributed by atoms with Gasteiger partial charge in [0.2, 0.25) is 0 Å². The van der Waals surface area contributed by atoms with Crippen LogP contribution in [0.1, 0.15) is 31.5 Å². The van der Waals surface area contributed by atoms with E-state index in [0.29, 0.717) is 18.3 Å². The highest BCUT2D eigenvalue weighted by atomic mass is 35.5. The van der Waals surface area contributed by atoms with Crippen LogP contribution in [0.15, 0.2) is 30.5 Å². The number of nitrogens with zero attached hydrogens (tertiary/aromatic N) is 4. The van der Waals surface area contributed by atoms with Crippen molar-refractivity contribution in [3.05, 3.63) is 40.6 Å². The average molecular weight is 449 g/mol. The Hall–Kier alpha value is -1.38. The van der Waals surface area contributed by atoms with E-state index in [9.17, 15) is 0 Å². The first kappa shape index (κ1) is 21.9. The highest BCUT2D eigenvalue weighted by Gasteiger charge is 2.33. The number of ether oxygens (including phenoxy) is 1. The highest BCUT2D eigenvalue weighted by Crippen LogP contribution is 2.39. The van der Waals surface area contributed by atoms with Gasteiger partial charge in [0.1, 0.15) is 22.3 Å². The highest BCUT2D eigenvalue weighted by molar-refractivity contribution is 7.18. The maximum atomic E-state index is 6.15. The number of rotatable bonds is 5. The molecule has 1 fully saturated rings. The standard InChI is InChI=1S/C17H18ClN5OS.2ClH/c1-2-24-12-3-4-13(20-9-12)17-22-21-16(10-7-11(19)8-10)23(17)15-6-5-14(18)25-15;;/h3-6,9-11H,2,7-8,19H2,1H3;2*1H/t10-,11-;;. The molecule has 146 valence electrons. The van der Waals surface area contributed by atoms with Crippen molar-refractivity contribution >= 4 is 47.8 Å². The van der Waals surface area contributed by atoms with Gasteiger partial charge in [-0.15, -0.1) is 46.3 Å². The van der Waals surface area contributed by atoms with E-state index in [-0.39, 0.29) is 30.9 Å². The van der Waals surface area contributed by atoms with Crippen LogP contribution in [0.3, 0.4) is 0 Å². The Labute approximate surface area is 178 Å². The van der Waals surface area contributed by atoms with Crippen LogP contribution in [-0.4, -0.2) is 32.4 Å². The Morgan fingerprint density at radius 1 is 1.22 bits per heavy atom. The largest absolute Gasteiger partial charge is 0.492 e. The lowest BCUT2D eigenvalue weighted by molar-refractivity contribution is 0.335. The van der Waals surface area contributed by atoms with Crippen molar-refractivity contribution in [3.8, 4) is 22.3 Å². The molecule has 0 saturated heterocycles. The molecule has 3 heterocycles. The molecule has 2 N–H and O–H groups in total. The minimum absolute atomic E-state index is 0. The molecule has 0 amide bonds. The Morgan fingerprint density at radius 2 is 2.00 bits per heavy atom. The number of halogens is 3. The number of aromatic nitrogens is 4. The zero-order chi connectivity index (χ0) is 17.4. The molecule has 3 aromatic heterocycles. The van der Waals surface area contributed by atoms with E-state index in [2.05, 4.69) is 19.7 Å². The molecule has 4 rings (SSSR count). The molecule has 1 saturated carbocycles. The molecular formula is C17H20Cl3N5OS. The molecule has 1 aliphatic carbocycles. The Kier molecular flexibility index (Phi) is 7.47. The molecule has 3 aromatic rings. The predicted molar refractivity (Wildman–Crippen MR) is 113 cm³/mol. The fraction of sp³-hybridized carbons (Fsp3) is 0.353. The van der Waals surface area contributed by atoms with Gasteiger partial charge in [0.15, 0.2) is 5.82 Å². The fourth-order valence-corrected chi connectivity index (χ4v) is 4.05. The zero-order valence-corrected chi connectivity index (χ0v) is 17.7. The van der Waals surface area contributed by atoms with Crippen molar-refractivity contribution in [2.45, 2.75) is 31.7 Å². The summed E-state index contributed by atoms with van der Waals surface area (Å²) in [5.74, 6) is 2.68. The van der Waals surface area contributed by atoms with Crippen LogP contribution in [0.4, 0.5) is 0 Å². The van der Waals surface area contributed by atoms with Crippen molar-refractivity contribution in [3.63, 3.8) is 0 Å². The van der Waals surface area contributed by atoms with Gasteiger partial charge in [0.05, 0.1) is 17.1 Å². The van der Waals surface area contributed by atoms with Crippen molar-refractivity contribution in [1.82, 2.24) is 19.7 Å². The van der Waals surface area contributed by atoms with Crippen LogP contribution in [-0.2, 0) is 0 Å². The van der Waals surface area contributed by atoms with Crippen LogP contribution in [0.2, 0.25) is 4.34 Å². The van der Waals surface area contributed by atoms with Gasteiger partial charge in [0, 0.05) is 12.0 Å². The first-order valence-corrected chi connectivity index (χ1v) is 9.41. The van der Waals surface area contributed by atoms with Crippen molar-refractivity contribution in [1.29, 1.82) is 0 Å². The molecule has 6 nitrogen and oxygen atoms in total. The van der Waals surface area contributed by atoms with Crippen LogP contribution < -0.4 is 10.5 Å². The van der Waals surface area contributed by atoms with Gasteiger partial charge in [0.25, 0.3) is 0 Å². The van der Waals surface area contributed by atoms with Crippen LogP contribution >= 0.6 is 47.8 Å². The number of pyridine rings is 1. The molecule has 1 aliphatic rings. The van der Waals surface area contributed by atoms with Gasteiger partial charge >= 0.3 is 0 Å². The summed E-state index contributed by atoms with van der Waals surface area (Å²) < 4.78 is 8.24. The quantitative estimate of drug-likeness (QED) is 0.622. The molecule has 0 unspecified atom stereocenters. The fourth-order valence-electron chi connectivity index (χ4n) is 3.01. The molecule has 0 spiro atoms. The van der Waals surface area contributed by atoms with E-state index in [1.807, 2.05) is 31.2 Å². The normalized spacial score (nSPS) is 18.2. The third-order valence-corrected chi connectivity index (χ3v) is 5.50. The topological polar surface area (TPSA) is 78.9 Å². The molecule has 0 bridgehead atoms. The first-order chi connectivity index (χ1) is 12.2. The molecule has 10 heteroatoms. The van der Waals surface area contributed by atoms with E-state index >= 15 is 0 Å². The SMILES string of the molecule is CCOc1ccc(-c2nnc([C@H]3C[C@H](N)C3)n2-c2ccc(Cl)s2)nc1.Cl.Cl. The number of nitrogens with two attached hydrogens (primary N) is 1.